The number of amides is 1. The molecular weight excluding hydrogens is 574 g/mol. The summed E-state index contributed by atoms with van der Waals surface area (Å²) in [5.41, 5.74) is 4.18. The minimum Gasteiger partial charge on any atom is -0.387 e. The topological polar surface area (TPSA) is 164 Å². The maximum Gasteiger partial charge on any atom is 0.252 e. The molecule has 13 heteroatoms. The second kappa shape index (κ2) is 13.4. The highest BCUT2D eigenvalue weighted by Crippen LogP contribution is 2.34. The Balaban J connectivity index is 1.33. The first-order valence-electron chi connectivity index (χ1n) is 15.0. The third-order valence-electron chi connectivity index (χ3n) is 8.00. The molecule has 0 unspecified atom stereocenters. The van der Waals surface area contributed by atoms with Crippen LogP contribution in [0.25, 0.3) is 11.2 Å². The van der Waals surface area contributed by atoms with Crippen LogP contribution in [0, 0.1) is 0 Å². The van der Waals surface area contributed by atoms with Crippen molar-refractivity contribution in [2.24, 2.45) is 7.05 Å². The summed E-state index contributed by atoms with van der Waals surface area (Å²) in [6.07, 6.45) is 0.598. The number of fused-ring (bicyclic) bond motifs is 1. The van der Waals surface area contributed by atoms with E-state index in [0.717, 1.165) is 16.8 Å². The standard InChI is InChI=1S/C32H37N9O4/c1-3-34-30(44)27-25(42)26(43)31(45-27)41-19-37-24-28(38-32(39-29(24)41)35-15-14-22-16-33-18-40(22)2)36-17-23(20-10-6-4-7-11-20)21-12-8-5-9-13-21/h4-13,16,18-19,23,25-27,31,42-43H,3,14-15,17H2,1-2H3,(H,34,44)(H2,35,36,38,39)/t25-,26+,27-,31+/m0/s1. The first-order chi connectivity index (χ1) is 21.9. The molecular formula is C32H37N9O4. The van der Waals surface area contributed by atoms with Gasteiger partial charge in [0.2, 0.25) is 5.95 Å². The lowest BCUT2D eigenvalue weighted by molar-refractivity contribution is -0.137. The number of benzene rings is 2. The number of rotatable bonds is 12. The third kappa shape index (κ3) is 6.36. The fourth-order valence-electron chi connectivity index (χ4n) is 5.61. The van der Waals surface area contributed by atoms with Gasteiger partial charge in [-0.05, 0) is 18.1 Å². The van der Waals surface area contributed by atoms with Gasteiger partial charge in [-0.25, -0.2) is 9.97 Å². The molecule has 3 aromatic heterocycles. The van der Waals surface area contributed by atoms with Crippen LogP contribution in [0.1, 0.15) is 35.9 Å². The Bertz CT molecular complexity index is 1690. The maximum absolute atomic E-state index is 12.5. The van der Waals surface area contributed by atoms with E-state index >= 15 is 0 Å². The largest absolute Gasteiger partial charge is 0.387 e. The van der Waals surface area contributed by atoms with E-state index in [-0.39, 0.29) is 5.92 Å². The van der Waals surface area contributed by atoms with Crippen molar-refractivity contribution in [2.45, 2.75) is 43.8 Å². The van der Waals surface area contributed by atoms with Crippen molar-refractivity contribution >= 4 is 28.8 Å². The molecule has 13 nitrogen and oxygen atoms in total. The summed E-state index contributed by atoms with van der Waals surface area (Å²) in [4.78, 5) is 30.8. The lowest BCUT2D eigenvalue weighted by Crippen LogP contribution is -2.42. The summed E-state index contributed by atoms with van der Waals surface area (Å²) in [6, 6.07) is 20.5. The molecule has 1 saturated heterocycles. The molecule has 0 aliphatic carbocycles. The molecule has 1 amide bonds. The zero-order valence-corrected chi connectivity index (χ0v) is 25.1. The van der Waals surface area contributed by atoms with Crippen molar-refractivity contribution in [2.75, 3.05) is 30.3 Å². The molecule has 0 saturated carbocycles. The van der Waals surface area contributed by atoms with E-state index in [1.165, 1.54) is 10.9 Å². The maximum atomic E-state index is 12.5. The van der Waals surface area contributed by atoms with Gasteiger partial charge in [-0.2, -0.15) is 9.97 Å². The lowest BCUT2D eigenvalue weighted by Gasteiger charge is -2.20. The summed E-state index contributed by atoms with van der Waals surface area (Å²) in [7, 11) is 1.94. The normalized spacial score (nSPS) is 19.7. The Kier molecular flexibility index (Phi) is 9.01. The van der Waals surface area contributed by atoms with Crippen molar-refractivity contribution < 1.29 is 19.7 Å². The third-order valence-corrected chi connectivity index (χ3v) is 8.00. The Hall–Kier alpha value is -4.85. The molecule has 1 aliphatic heterocycles. The zero-order valence-electron chi connectivity index (χ0n) is 25.1. The van der Waals surface area contributed by atoms with E-state index in [2.05, 4.69) is 50.2 Å². The fraction of sp³-hybridized carbons (Fsp3) is 0.344. The van der Waals surface area contributed by atoms with Crippen LogP contribution in [-0.4, -0.2) is 83.1 Å². The second-order valence-electron chi connectivity index (χ2n) is 11.0. The number of aliphatic hydroxyl groups is 2. The van der Waals surface area contributed by atoms with Crippen molar-refractivity contribution in [3.63, 3.8) is 0 Å². The Morgan fingerprint density at radius 1 is 0.978 bits per heavy atom. The van der Waals surface area contributed by atoms with Crippen LogP contribution in [0.4, 0.5) is 11.8 Å². The second-order valence-corrected chi connectivity index (χ2v) is 11.0. The number of nitrogens with one attached hydrogen (secondary N) is 3. The summed E-state index contributed by atoms with van der Waals surface area (Å²) >= 11 is 0. The van der Waals surface area contributed by atoms with E-state index in [9.17, 15) is 15.0 Å². The molecule has 2 aromatic carbocycles. The molecule has 6 rings (SSSR count). The van der Waals surface area contributed by atoms with Crippen LogP contribution in [0.15, 0.2) is 79.5 Å². The average molecular weight is 612 g/mol. The van der Waals surface area contributed by atoms with Gasteiger partial charge in [0.25, 0.3) is 5.91 Å². The molecule has 5 aromatic rings. The molecule has 45 heavy (non-hydrogen) atoms. The monoisotopic (exact) mass is 611 g/mol. The van der Waals surface area contributed by atoms with E-state index in [1.54, 1.807) is 13.3 Å². The number of nitrogens with zero attached hydrogens (tertiary/aromatic N) is 6. The number of likely N-dealkylation sites (N-methyl/N-ethyl adjacent to an activating group) is 1. The molecule has 0 radical (unpaired) electrons. The van der Waals surface area contributed by atoms with Gasteiger partial charge >= 0.3 is 0 Å². The van der Waals surface area contributed by atoms with Gasteiger partial charge in [-0.1, -0.05) is 60.7 Å². The van der Waals surface area contributed by atoms with Gasteiger partial charge in [-0.3, -0.25) is 9.36 Å². The molecule has 234 valence electrons. The molecule has 1 aliphatic rings. The SMILES string of the molecule is CCNC(=O)[C@H]1O[C@@H](n2cnc3c(NCC(c4ccccc4)c4ccccc4)nc(NCCc4cncn4C)nc32)[C@H](O)[C@@H]1O. The highest BCUT2D eigenvalue weighted by Gasteiger charge is 2.47. The van der Waals surface area contributed by atoms with Crippen LogP contribution in [0.3, 0.4) is 0 Å². The van der Waals surface area contributed by atoms with E-state index < -0.39 is 30.4 Å². The molecule has 1 fully saturated rings. The summed E-state index contributed by atoms with van der Waals surface area (Å²) in [5.74, 6) is 0.359. The Labute approximate surface area is 260 Å². The fourth-order valence-corrected chi connectivity index (χ4v) is 5.61. The molecule has 4 atom stereocenters. The minimum absolute atomic E-state index is 0.0220. The molecule has 0 bridgehead atoms. The van der Waals surface area contributed by atoms with Crippen LogP contribution in [0.5, 0.6) is 0 Å². The highest BCUT2D eigenvalue weighted by molar-refractivity contribution is 5.85. The number of hydrogen-bond acceptors (Lipinski definition) is 10. The highest BCUT2D eigenvalue weighted by atomic mass is 16.6. The van der Waals surface area contributed by atoms with Crippen LogP contribution >= 0.6 is 0 Å². The Morgan fingerprint density at radius 2 is 1.69 bits per heavy atom. The van der Waals surface area contributed by atoms with E-state index in [1.807, 2.05) is 54.2 Å². The first kappa shape index (κ1) is 30.2. The molecule has 5 N–H and O–H groups in total. The number of carbonyl (C=O) groups excluding carboxylic acids is 1. The summed E-state index contributed by atoms with van der Waals surface area (Å²) in [6.45, 7) is 3.19. The summed E-state index contributed by atoms with van der Waals surface area (Å²) in [5, 5.41) is 31.0. The van der Waals surface area contributed by atoms with Gasteiger partial charge in [-0.15, -0.1) is 0 Å². The van der Waals surface area contributed by atoms with Crippen molar-refractivity contribution in [3.05, 3.63) is 96.3 Å². The predicted molar refractivity (Wildman–Crippen MR) is 169 cm³/mol. The number of aryl methyl sites for hydroxylation is 1. The number of imidazole rings is 2. The van der Waals surface area contributed by atoms with E-state index in [4.69, 9.17) is 14.7 Å². The van der Waals surface area contributed by atoms with E-state index in [0.29, 0.717) is 49.0 Å². The summed E-state index contributed by atoms with van der Waals surface area (Å²) < 4.78 is 9.38. The zero-order chi connectivity index (χ0) is 31.3. The quantitative estimate of drug-likeness (QED) is 0.141. The number of aliphatic hydroxyl groups excluding tert-OH is 2. The van der Waals surface area contributed by atoms with Crippen LogP contribution in [0.2, 0.25) is 0 Å². The van der Waals surface area contributed by atoms with Gasteiger partial charge in [0.05, 0.1) is 12.7 Å². The number of ether oxygens (including phenoxy) is 1. The average Bonchev–Trinajstić information content (AvgIpc) is 3.75. The van der Waals surface area contributed by atoms with Gasteiger partial charge < -0.3 is 35.5 Å². The van der Waals surface area contributed by atoms with Crippen LogP contribution < -0.4 is 16.0 Å². The van der Waals surface area contributed by atoms with Gasteiger partial charge in [0.15, 0.2) is 29.3 Å². The first-order valence-corrected chi connectivity index (χ1v) is 15.0. The van der Waals surface area contributed by atoms with Crippen molar-refractivity contribution in [3.8, 4) is 0 Å². The number of anilines is 2. The Morgan fingerprint density at radius 3 is 2.33 bits per heavy atom. The number of aromatic nitrogens is 6. The van der Waals surface area contributed by atoms with Crippen LogP contribution in [-0.2, 0) is 23.0 Å². The van der Waals surface area contributed by atoms with Gasteiger partial charge in [0.1, 0.15) is 12.2 Å². The number of carbonyl (C=O) groups is 1. The molecule has 4 heterocycles. The van der Waals surface area contributed by atoms with Crippen molar-refractivity contribution in [1.82, 2.24) is 34.4 Å². The smallest absolute Gasteiger partial charge is 0.252 e. The predicted octanol–water partition coefficient (Wildman–Crippen LogP) is 2.21. The molecule has 0 spiro atoms. The lowest BCUT2D eigenvalue weighted by atomic mass is 9.91. The minimum atomic E-state index is -1.42. The van der Waals surface area contributed by atoms with Gasteiger partial charge in [0, 0.05) is 50.9 Å². The van der Waals surface area contributed by atoms with Crippen molar-refractivity contribution in [1.29, 1.82) is 0 Å². The number of hydrogen-bond donors (Lipinski definition) is 5.